The summed E-state index contributed by atoms with van der Waals surface area (Å²) in [5.41, 5.74) is 9.46. The van der Waals surface area contributed by atoms with Crippen molar-refractivity contribution in [2.24, 2.45) is 0 Å². The molecular weight excluding hydrogens is 498 g/mol. The Kier molecular flexibility index (Phi) is 6.30. The summed E-state index contributed by atoms with van der Waals surface area (Å²) in [6.07, 6.45) is 3.59. The van der Waals surface area contributed by atoms with Crippen LogP contribution in [-0.2, 0) is 0 Å². The number of H-pyrrole nitrogens is 1. The fourth-order valence-electron chi connectivity index (χ4n) is 4.68. The van der Waals surface area contributed by atoms with Gasteiger partial charge in [-0.05, 0) is 37.1 Å². The number of ketones is 1. The Balaban J connectivity index is 1.10. The number of nitrogen functional groups attached to an aromatic ring is 1. The van der Waals surface area contributed by atoms with Crippen molar-refractivity contribution in [3.63, 3.8) is 0 Å². The van der Waals surface area contributed by atoms with Crippen LogP contribution >= 0.6 is 11.3 Å². The Hall–Kier alpha value is -4.57. The number of benzene rings is 2. The molecule has 0 bridgehead atoms. The van der Waals surface area contributed by atoms with Crippen molar-refractivity contribution in [1.29, 1.82) is 0 Å². The van der Waals surface area contributed by atoms with E-state index in [1.807, 2.05) is 24.3 Å². The van der Waals surface area contributed by atoms with E-state index < -0.39 is 0 Å². The van der Waals surface area contributed by atoms with Crippen LogP contribution in [-0.4, -0.2) is 44.7 Å². The molecule has 38 heavy (non-hydrogen) atoms. The van der Waals surface area contributed by atoms with Crippen molar-refractivity contribution >= 4 is 51.5 Å². The summed E-state index contributed by atoms with van der Waals surface area (Å²) in [7, 11) is 0. The molecule has 3 aromatic heterocycles. The molecule has 4 heterocycles. The van der Waals surface area contributed by atoms with Crippen molar-refractivity contribution in [2.45, 2.75) is 18.8 Å². The Morgan fingerprint density at radius 2 is 1.82 bits per heavy atom. The van der Waals surface area contributed by atoms with Gasteiger partial charge in [-0.25, -0.2) is 15.0 Å². The lowest BCUT2D eigenvalue weighted by atomic mass is 9.97. The summed E-state index contributed by atoms with van der Waals surface area (Å²) in [5, 5.41) is 5.55. The van der Waals surface area contributed by atoms with E-state index >= 15 is 0 Å². The van der Waals surface area contributed by atoms with Crippen LogP contribution < -0.4 is 16.0 Å². The zero-order valence-electron chi connectivity index (χ0n) is 20.4. The van der Waals surface area contributed by atoms with Gasteiger partial charge in [0, 0.05) is 53.5 Å². The first-order valence-corrected chi connectivity index (χ1v) is 13.2. The van der Waals surface area contributed by atoms with Crippen LogP contribution in [0, 0.1) is 0 Å². The molecule has 0 unspecified atom stereocenters. The summed E-state index contributed by atoms with van der Waals surface area (Å²) in [6.45, 7) is 1.71. The minimum Gasteiger partial charge on any atom is -0.399 e. The molecule has 2 aromatic carbocycles. The van der Waals surface area contributed by atoms with Gasteiger partial charge in [-0.15, -0.1) is 11.3 Å². The Labute approximate surface area is 222 Å². The molecule has 9 nitrogen and oxygen atoms in total. The number of thiazole rings is 1. The third-order valence-corrected chi connectivity index (χ3v) is 7.71. The number of carbonyl (C=O) groups excluding carboxylic acids is 2. The lowest BCUT2D eigenvalue weighted by molar-refractivity contribution is 0.101. The SMILES string of the molecule is Nc1ccnc(N2CCC(c3nc(C(=O)Nc4nc5ccc(C(=O)c6ccccc6)cc5[nH]4)cs3)CC2)c1. The van der Waals surface area contributed by atoms with Gasteiger partial charge < -0.3 is 15.6 Å². The van der Waals surface area contributed by atoms with Gasteiger partial charge in [-0.3, -0.25) is 14.9 Å². The molecule has 0 spiro atoms. The van der Waals surface area contributed by atoms with Crippen molar-refractivity contribution in [1.82, 2.24) is 19.9 Å². The van der Waals surface area contributed by atoms with Crippen LogP contribution in [0.5, 0.6) is 0 Å². The first-order valence-electron chi connectivity index (χ1n) is 12.4. The number of piperidine rings is 1. The third kappa shape index (κ3) is 4.85. The number of pyridine rings is 1. The Bertz CT molecular complexity index is 1620. The molecule has 1 aliphatic heterocycles. The maximum absolute atomic E-state index is 12.9. The second-order valence-electron chi connectivity index (χ2n) is 9.25. The minimum absolute atomic E-state index is 0.0716. The predicted molar refractivity (Wildman–Crippen MR) is 149 cm³/mol. The molecule has 0 atom stereocenters. The van der Waals surface area contributed by atoms with Crippen molar-refractivity contribution in [3.05, 3.63) is 94.1 Å². The van der Waals surface area contributed by atoms with E-state index in [1.54, 1.807) is 48.0 Å². The Morgan fingerprint density at radius 1 is 1.00 bits per heavy atom. The molecule has 10 heteroatoms. The molecule has 1 amide bonds. The third-order valence-electron chi connectivity index (χ3n) is 6.70. The van der Waals surface area contributed by atoms with Gasteiger partial charge in [0.1, 0.15) is 11.5 Å². The summed E-state index contributed by atoms with van der Waals surface area (Å²) in [6, 6.07) is 18.1. The van der Waals surface area contributed by atoms with Gasteiger partial charge in [0.2, 0.25) is 5.95 Å². The normalized spacial score (nSPS) is 14.1. The lowest BCUT2D eigenvalue weighted by Gasteiger charge is -2.32. The molecule has 6 rings (SSSR count). The molecule has 5 aromatic rings. The smallest absolute Gasteiger partial charge is 0.277 e. The maximum atomic E-state index is 12.9. The number of carbonyl (C=O) groups is 2. The zero-order valence-corrected chi connectivity index (χ0v) is 21.2. The summed E-state index contributed by atoms with van der Waals surface area (Å²) in [5.74, 6) is 1.11. The molecule has 1 saturated heterocycles. The highest BCUT2D eigenvalue weighted by Crippen LogP contribution is 2.32. The van der Waals surface area contributed by atoms with Crippen molar-refractivity contribution in [3.8, 4) is 0 Å². The van der Waals surface area contributed by atoms with Crippen molar-refractivity contribution < 1.29 is 9.59 Å². The number of fused-ring (bicyclic) bond motifs is 1. The van der Waals surface area contributed by atoms with E-state index in [4.69, 9.17) is 5.73 Å². The number of anilines is 3. The fourth-order valence-corrected chi connectivity index (χ4v) is 5.65. The quantitative estimate of drug-likeness (QED) is 0.271. The topological polar surface area (TPSA) is 130 Å². The summed E-state index contributed by atoms with van der Waals surface area (Å²) < 4.78 is 0. The number of rotatable bonds is 6. The van der Waals surface area contributed by atoms with Gasteiger partial charge >= 0.3 is 0 Å². The van der Waals surface area contributed by atoms with Gasteiger partial charge in [0.05, 0.1) is 16.0 Å². The van der Waals surface area contributed by atoms with E-state index in [-0.39, 0.29) is 11.7 Å². The van der Waals surface area contributed by atoms with Crippen LogP contribution in [0.25, 0.3) is 11.0 Å². The second-order valence-corrected chi connectivity index (χ2v) is 10.1. The van der Waals surface area contributed by atoms with Gasteiger partial charge in [-0.2, -0.15) is 0 Å². The van der Waals surface area contributed by atoms with E-state index in [2.05, 4.69) is 30.2 Å². The predicted octanol–water partition coefficient (Wildman–Crippen LogP) is 4.86. The number of nitrogens with two attached hydrogens (primary N) is 1. The van der Waals surface area contributed by atoms with Crippen molar-refractivity contribution in [2.75, 3.05) is 29.0 Å². The highest BCUT2D eigenvalue weighted by Gasteiger charge is 2.25. The first-order chi connectivity index (χ1) is 18.5. The standard InChI is InChI=1S/C28H25N7O2S/c29-20-8-11-30-24(15-20)35-12-9-18(10-13-35)27-31-23(16-38-27)26(37)34-28-32-21-7-6-19(14-22(21)33-28)25(36)17-4-2-1-3-5-17/h1-8,11,14-16,18H,9-10,12-13H2,(H2,29,30)(H2,32,33,34,37). The van der Waals surface area contributed by atoms with Gasteiger partial charge in [0.15, 0.2) is 5.78 Å². The minimum atomic E-state index is -0.325. The van der Waals surface area contributed by atoms with E-state index in [9.17, 15) is 9.59 Å². The number of amides is 1. The second kappa shape index (κ2) is 10.1. The van der Waals surface area contributed by atoms with Gasteiger partial charge in [0.25, 0.3) is 5.91 Å². The molecular formula is C28H25N7O2S. The average Bonchev–Trinajstić information content (AvgIpc) is 3.60. The van der Waals surface area contributed by atoms with Gasteiger partial charge in [-0.1, -0.05) is 30.3 Å². The number of aromatic amines is 1. The Morgan fingerprint density at radius 3 is 2.61 bits per heavy atom. The van der Waals surface area contributed by atoms with E-state index in [0.717, 1.165) is 36.8 Å². The fraction of sp³-hybridized carbons (Fsp3) is 0.179. The number of nitrogens with zero attached hydrogens (tertiary/aromatic N) is 4. The number of aromatic nitrogens is 4. The first kappa shape index (κ1) is 23.8. The zero-order chi connectivity index (χ0) is 26.1. The largest absolute Gasteiger partial charge is 0.399 e. The van der Waals surface area contributed by atoms with Crippen LogP contribution in [0.1, 0.15) is 50.2 Å². The van der Waals surface area contributed by atoms with Crippen LogP contribution in [0.2, 0.25) is 0 Å². The molecule has 1 fully saturated rings. The molecule has 0 aliphatic carbocycles. The van der Waals surface area contributed by atoms with E-state index in [1.165, 1.54) is 11.3 Å². The molecule has 1 aliphatic rings. The number of imidazole rings is 1. The van der Waals surface area contributed by atoms with E-state index in [0.29, 0.717) is 45.4 Å². The molecule has 190 valence electrons. The van der Waals surface area contributed by atoms with Crippen LogP contribution in [0.15, 0.2) is 72.2 Å². The highest BCUT2D eigenvalue weighted by molar-refractivity contribution is 7.10. The van der Waals surface area contributed by atoms with Crippen LogP contribution in [0.3, 0.4) is 0 Å². The highest BCUT2D eigenvalue weighted by atomic mass is 32.1. The number of hydrogen-bond donors (Lipinski definition) is 3. The molecule has 4 N–H and O–H groups in total. The molecule has 0 saturated carbocycles. The maximum Gasteiger partial charge on any atom is 0.277 e. The average molecular weight is 524 g/mol. The number of hydrogen-bond acceptors (Lipinski definition) is 8. The lowest BCUT2D eigenvalue weighted by Crippen LogP contribution is -2.33. The monoisotopic (exact) mass is 523 g/mol. The summed E-state index contributed by atoms with van der Waals surface area (Å²) >= 11 is 1.51. The summed E-state index contributed by atoms with van der Waals surface area (Å²) in [4.78, 5) is 44.5. The number of nitrogens with one attached hydrogen (secondary N) is 2. The van der Waals surface area contributed by atoms with Crippen LogP contribution in [0.4, 0.5) is 17.5 Å². The molecule has 0 radical (unpaired) electrons.